The molecule has 0 spiro atoms. The molecular formula is C62H114O6. The van der Waals surface area contributed by atoms with E-state index in [-0.39, 0.29) is 25.7 Å². The van der Waals surface area contributed by atoms with Crippen molar-refractivity contribution in [2.24, 2.45) is 5.92 Å². The molecule has 0 atom stereocenters. The second kappa shape index (κ2) is 52.5. The predicted octanol–water partition coefficient (Wildman–Crippen LogP) is 20.6. The van der Waals surface area contributed by atoms with E-state index in [0.717, 1.165) is 109 Å². The van der Waals surface area contributed by atoms with E-state index in [4.69, 9.17) is 14.2 Å². The standard InChI is InChI=1S/C62H114O6/c1-6-9-12-15-18-21-24-27-30-33-36-39-42-45-48-54-59(63)66-62(57-52-51-53-58(4)5,67-60(64)55-49-46-43-40-37-34-31-28-25-22-19-16-13-10-7-2)68-61(65)56-50-47-44-41-38-35-32-29-26-23-20-17-14-11-8-3/h27-32,58H,6-26,33-57H2,1-5H3/b30-27-,31-28-,32-29-. The summed E-state index contributed by atoms with van der Waals surface area (Å²) in [6.45, 7) is 11.2. The molecule has 0 aliphatic carbocycles. The van der Waals surface area contributed by atoms with Gasteiger partial charge in [-0.25, -0.2) is 0 Å². The van der Waals surface area contributed by atoms with Crippen LogP contribution in [0.5, 0.6) is 0 Å². The Hall–Kier alpha value is -2.37. The largest absolute Gasteiger partial charge is 0.423 e. The van der Waals surface area contributed by atoms with Gasteiger partial charge in [0.1, 0.15) is 0 Å². The van der Waals surface area contributed by atoms with Crippen LogP contribution in [0.15, 0.2) is 36.5 Å². The van der Waals surface area contributed by atoms with Gasteiger partial charge in [-0.1, -0.05) is 238 Å². The molecule has 0 aromatic carbocycles. The van der Waals surface area contributed by atoms with E-state index in [2.05, 4.69) is 71.1 Å². The van der Waals surface area contributed by atoms with Crippen molar-refractivity contribution >= 4 is 17.9 Å². The van der Waals surface area contributed by atoms with Crippen LogP contribution in [0.1, 0.15) is 330 Å². The summed E-state index contributed by atoms with van der Waals surface area (Å²) in [6.07, 6.45) is 63.3. The molecule has 398 valence electrons. The minimum Gasteiger partial charge on any atom is -0.388 e. The van der Waals surface area contributed by atoms with Gasteiger partial charge in [-0.05, 0) is 109 Å². The average Bonchev–Trinajstić information content (AvgIpc) is 3.31. The van der Waals surface area contributed by atoms with Crippen molar-refractivity contribution in [3.63, 3.8) is 0 Å². The van der Waals surface area contributed by atoms with Crippen molar-refractivity contribution in [2.75, 3.05) is 0 Å². The van der Waals surface area contributed by atoms with Crippen LogP contribution in [0.4, 0.5) is 0 Å². The maximum absolute atomic E-state index is 13.5. The molecule has 0 aromatic rings. The van der Waals surface area contributed by atoms with E-state index in [9.17, 15) is 14.4 Å². The van der Waals surface area contributed by atoms with Gasteiger partial charge >= 0.3 is 23.9 Å². The van der Waals surface area contributed by atoms with Crippen LogP contribution in [0, 0.1) is 5.92 Å². The molecule has 6 heteroatoms. The number of esters is 3. The van der Waals surface area contributed by atoms with E-state index in [1.54, 1.807) is 0 Å². The fraction of sp³-hybridized carbons (Fsp3) is 0.855. The van der Waals surface area contributed by atoms with Crippen molar-refractivity contribution < 1.29 is 28.6 Å². The predicted molar refractivity (Wildman–Crippen MR) is 293 cm³/mol. The van der Waals surface area contributed by atoms with Crippen molar-refractivity contribution in [3.05, 3.63) is 36.5 Å². The molecule has 0 fully saturated rings. The van der Waals surface area contributed by atoms with Crippen LogP contribution in [0.25, 0.3) is 0 Å². The number of allylic oxidation sites excluding steroid dienone is 6. The summed E-state index contributed by atoms with van der Waals surface area (Å²) in [5, 5.41) is 0. The van der Waals surface area contributed by atoms with E-state index in [1.807, 2.05) is 0 Å². The van der Waals surface area contributed by atoms with Crippen molar-refractivity contribution in [3.8, 4) is 0 Å². The number of ether oxygens (including phenoxy) is 3. The first-order chi connectivity index (χ1) is 33.3. The van der Waals surface area contributed by atoms with Gasteiger partial charge in [0.25, 0.3) is 0 Å². The first-order valence-corrected chi connectivity index (χ1v) is 29.9. The summed E-state index contributed by atoms with van der Waals surface area (Å²) in [5.74, 6) is -2.88. The molecule has 0 unspecified atom stereocenters. The molecule has 0 saturated carbocycles. The normalized spacial score (nSPS) is 12.1. The second-order valence-corrected chi connectivity index (χ2v) is 20.7. The monoisotopic (exact) mass is 955 g/mol. The Labute approximate surface area is 423 Å². The molecule has 0 aliphatic heterocycles. The highest BCUT2D eigenvalue weighted by atomic mass is 16.9. The highest BCUT2D eigenvalue weighted by Crippen LogP contribution is 2.28. The average molecular weight is 956 g/mol. The van der Waals surface area contributed by atoms with Gasteiger partial charge in [-0.3, -0.25) is 14.4 Å². The SMILES string of the molecule is CCCCCCCC/C=C\CCCCCCCC(=O)OC(CCCCC(C)C)(OC(=O)CCCCCCC/C=C\CCCCCCCC)OC(=O)CCCCCCC/C=C\CCCCCCCC. The number of carbonyl (C=O) groups excluding carboxylic acids is 3. The summed E-state index contributed by atoms with van der Waals surface area (Å²) in [5.41, 5.74) is 0. The Morgan fingerprint density at radius 2 is 0.559 bits per heavy atom. The molecule has 0 heterocycles. The topological polar surface area (TPSA) is 78.9 Å². The minimum absolute atomic E-state index is 0.161. The van der Waals surface area contributed by atoms with Gasteiger partial charge in [0, 0.05) is 19.3 Å². The van der Waals surface area contributed by atoms with Crippen molar-refractivity contribution in [1.29, 1.82) is 0 Å². The molecule has 0 radical (unpaired) electrons. The summed E-state index contributed by atoms with van der Waals surface area (Å²) in [7, 11) is 0. The van der Waals surface area contributed by atoms with Gasteiger partial charge < -0.3 is 14.2 Å². The smallest absolute Gasteiger partial charge is 0.388 e. The quantitative estimate of drug-likeness (QED) is 0.0262. The molecule has 6 nitrogen and oxygen atoms in total. The van der Waals surface area contributed by atoms with Gasteiger partial charge in [-0.15, -0.1) is 0 Å². The second-order valence-electron chi connectivity index (χ2n) is 20.7. The van der Waals surface area contributed by atoms with Gasteiger partial charge in [-0.2, -0.15) is 0 Å². The van der Waals surface area contributed by atoms with Gasteiger partial charge in [0.05, 0.1) is 6.42 Å². The van der Waals surface area contributed by atoms with E-state index >= 15 is 0 Å². The maximum Gasteiger partial charge on any atom is 0.423 e. The molecule has 0 bridgehead atoms. The molecule has 0 rings (SSSR count). The highest BCUT2D eigenvalue weighted by molar-refractivity contribution is 5.74. The summed E-state index contributed by atoms with van der Waals surface area (Å²) >= 11 is 0. The molecule has 0 aliphatic rings. The molecule has 0 aromatic heterocycles. The van der Waals surface area contributed by atoms with Crippen LogP contribution in [-0.2, 0) is 28.6 Å². The minimum atomic E-state index is -2.01. The first kappa shape index (κ1) is 65.6. The molecular weight excluding hydrogens is 841 g/mol. The van der Waals surface area contributed by atoms with Crippen molar-refractivity contribution in [1.82, 2.24) is 0 Å². The summed E-state index contributed by atoms with van der Waals surface area (Å²) in [6, 6.07) is 0. The van der Waals surface area contributed by atoms with Crippen LogP contribution in [0.3, 0.4) is 0 Å². The number of unbranched alkanes of at least 4 members (excludes halogenated alkanes) is 34. The van der Waals surface area contributed by atoms with E-state index in [1.165, 1.54) is 135 Å². The Kier molecular flexibility index (Phi) is 50.6. The fourth-order valence-corrected chi connectivity index (χ4v) is 8.80. The zero-order valence-corrected chi connectivity index (χ0v) is 46.0. The Balaban J connectivity index is 5.12. The lowest BCUT2D eigenvalue weighted by atomic mass is 10.0. The summed E-state index contributed by atoms with van der Waals surface area (Å²) < 4.78 is 18.0. The van der Waals surface area contributed by atoms with Crippen LogP contribution < -0.4 is 0 Å². The van der Waals surface area contributed by atoms with Crippen LogP contribution in [0.2, 0.25) is 0 Å². The Bertz CT molecular complexity index is 1050. The zero-order chi connectivity index (χ0) is 49.7. The third-order valence-corrected chi connectivity index (χ3v) is 13.3. The molecule has 0 amide bonds. The maximum atomic E-state index is 13.5. The molecule has 68 heavy (non-hydrogen) atoms. The first-order valence-electron chi connectivity index (χ1n) is 29.9. The van der Waals surface area contributed by atoms with Crippen LogP contribution in [-0.4, -0.2) is 23.9 Å². The highest BCUT2D eigenvalue weighted by Gasteiger charge is 2.43. The van der Waals surface area contributed by atoms with Gasteiger partial charge in [0.2, 0.25) is 0 Å². The molecule has 0 saturated heterocycles. The fourth-order valence-electron chi connectivity index (χ4n) is 8.80. The lowest BCUT2D eigenvalue weighted by Crippen LogP contribution is -2.44. The van der Waals surface area contributed by atoms with E-state index < -0.39 is 23.9 Å². The van der Waals surface area contributed by atoms with Crippen molar-refractivity contribution in [2.45, 2.75) is 336 Å². The zero-order valence-electron chi connectivity index (χ0n) is 46.0. The number of rotatable bonds is 53. The number of hydrogen-bond acceptors (Lipinski definition) is 6. The van der Waals surface area contributed by atoms with E-state index in [0.29, 0.717) is 31.6 Å². The summed E-state index contributed by atoms with van der Waals surface area (Å²) in [4.78, 5) is 40.5. The number of carbonyl (C=O) groups is 3. The number of hydrogen-bond donors (Lipinski definition) is 0. The molecule has 0 N–H and O–H groups in total. The lowest BCUT2D eigenvalue weighted by molar-refractivity contribution is -0.333. The Morgan fingerprint density at radius 3 is 0.809 bits per heavy atom. The third-order valence-electron chi connectivity index (χ3n) is 13.3. The third kappa shape index (κ3) is 48.6. The van der Waals surface area contributed by atoms with Crippen LogP contribution >= 0.6 is 0 Å². The lowest BCUT2D eigenvalue weighted by Gasteiger charge is -2.31. The van der Waals surface area contributed by atoms with Gasteiger partial charge in [0.15, 0.2) is 0 Å². The Morgan fingerprint density at radius 1 is 0.324 bits per heavy atom.